The second-order valence-corrected chi connectivity index (χ2v) is 9.32. The van der Waals surface area contributed by atoms with Gasteiger partial charge in [0.15, 0.2) is 0 Å². The second kappa shape index (κ2) is 7.29. The Labute approximate surface area is 185 Å². The van der Waals surface area contributed by atoms with Crippen molar-refractivity contribution in [1.82, 2.24) is 14.4 Å². The van der Waals surface area contributed by atoms with Gasteiger partial charge in [-0.1, -0.05) is 23.2 Å². The van der Waals surface area contributed by atoms with E-state index in [-0.39, 0.29) is 10.8 Å². The van der Waals surface area contributed by atoms with E-state index in [2.05, 4.69) is 16.8 Å². The number of rotatable bonds is 2. The van der Waals surface area contributed by atoms with Gasteiger partial charge < -0.3 is 14.7 Å². The first-order chi connectivity index (χ1) is 14.4. The maximum absolute atomic E-state index is 9.86. The number of phenolic OH excluding ortho intramolecular Hbond substituents is 1. The Bertz CT molecular complexity index is 1120. The van der Waals surface area contributed by atoms with Crippen molar-refractivity contribution in [3.8, 4) is 16.9 Å². The largest absolute Gasteiger partial charge is 0.506 e. The lowest BCUT2D eigenvalue weighted by atomic mass is 9.77. The van der Waals surface area contributed by atoms with E-state index in [0.29, 0.717) is 22.1 Å². The van der Waals surface area contributed by atoms with Gasteiger partial charge in [0.25, 0.3) is 0 Å². The maximum Gasteiger partial charge on any atom is 0.211 e. The van der Waals surface area contributed by atoms with Gasteiger partial charge in [-0.3, -0.25) is 4.40 Å². The number of halogens is 2. The molecule has 0 bridgehead atoms. The van der Waals surface area contributed by atoms with E-state index >= 15 is 0 Å². The van der Waals surface area contributed by atoms with Gasteiger partial charge in [0.05, 0.1) is 23.4 Å². The molecule has 4 heterocycles. The van der Waals surface area contributed by atoms with Crippen LogP contribution in [0.2, 0.25) is 10.0 Å². The van der Waals surface area contributed by atoms with Crippen LogP contribution in [-0.2, 0) is 4.74 Å². The van der Waals surface area contributed by atoms with Crippen molar-refractivity contribution in [2.45, 2.75) is 39.2 Å². The highest BCUT2D eigenvalue weighted by atomic mass is 35.5. The number of aromatic hydroxyl groups is 1. The molecule has 0 saturated carbocycles. The average Bonchev–Trinajstić information content (AvgIpc) is 3.35. The molecule has 5 rings (SSSR count). The van der Waals surface area contributed by atoms with Gasteiger partial charge in [-0.05, 0) is 50.7 Å². The number of hydrogen-bond acceptors (Lipinski definition) is 5. The molecule has 0 unspecified atom stereocenters. The summed E-state index contributed by atoms with van der Waals surface area (Å²) in [6.07, 6.45) is 7.43. The molecule has 0 aliphatic carbocycles. The summed E-state index contributed by atoms with van der Waals surface area (Å²) in [6.45, 7) is 6.89. The van der Waals surface area contributed by atoms with Gasteiger partial charge in [0.1, 0.15) is 16.4 Å². The first-order valence-electron chi connectivity index (χ1n) is 10.3. The number of hydrogen-bond donors (Lipinski definition) is 1. The molecule has 1 spiro atoms. The minimum Gasteiger partial charge on any atom is -0.506 e. The fourth-order valence-electron chi connectivity index (χ4n) is 4.92. The summed E-state index contributed by atoms with van der Waals surface area (Å²) in [6, 6.07) is 3.30. The number of anilines is 1. The summed E-state index contributed by atoms with van der Waals surface area (Å²) in [5.41, 5.74) is 3.45. The fourth-order valence-corrected chi connectivity index (χ4v) is 5.34. The molecule has 0 amide bonds. The normalized spacial score (nSPS) is 21.1. The van der Waals surface area contributed by atoms with Crippen molar-refractivity contribution in [2.75, 3.05) is 24.6 Å². The molecule has 8 heteroatoms. The minimum atomic E-state index is -0.0422. The Hall–Kier alpha value is -2.02. The van der Waals surface area contributed by atoms with Crippen LogP contribution in [0.25, 0.3) is 16.8 Å². The summed E-state index contributed by atoms with van der Waals surface area (Å²) < 4.78 is 7.89. The number of phenols is 1. The number of imidazole rings is 1. The maximum atomic E-state index is 9.86. The molecule has 1 N–H and O–H groups in total. The first-order valence-corrected chi connectivity index (χ1v) is 11.0. The zero-order chi connectivity index (χ0) is 21.0. The molecular weight excluding hydrogens is 423 g/mol. The highest BCUT2D eigenvalue weighted by Gasteiger charge is 2.41. The first kappa shape index (κ1) is 19.9. The van der Waals surface area contributed by atoms with Crippen LogP contribution in [0.3, 0.4) is 0 Å². The Morgan fingerprint density at radius 2 is 1.97 bits per heavy atom. The molecule has 2 aliphatic rings. The molecular formula is C22H24Cl2N4O2. The topological polar surface area (TPSA) is 62.9 Å². The quantitative estimate of drug-likeness (QED) is 0.592. The molecule has 2 aromatic heterocycles. The second-order valence-electron chi connectivity index (χ2n) is 8.57. The highest BCUT2D eigenvalue weighted by Crippen LogP contribution is 2.44. The van der Waals surface area contributed by atoms with Gasteiger partial charge in [0.2, 0.25) is 5.95 Å². The molecule has 3 aromatic rings. The van der Waals surface area contributed by atoms with E-state index in [0.717, 1.165) is 61.8 Å². The number of benzene rings is 1. The summed E-state index contributed by atoms with van der Waals surface area (Å²) >= 11 is 12.6. The van der Waals surface area contributed by atoms with Crippen LogP contribution in [0.4, 0.5) is 5.95 Å². The van der Waals surface area contributed by atoms with Crippen LogP contribution in [0, 0.1) is 12.3 Å². The smallest absolute Gasteiger partial charge is 0.211 e. The SMILES string of the molecule is Cc1nc(N2CCC3(CC2)CO[C@@H](C)C3)n2ccnc2c1-c1ccc(O)c(Cl)c1Cl. The predicted molar refractivity (Wildman–Crippen MR) is 119 cm³/mol. The molecule has 0 radical (unpaired) electrons. The van der Waals surface area contributed by atoms with Gasteiger partial charge in [-0.15, -0.1) is 0 Å². The third kappa shape index (κ3) is 3.13. The van der Waals surface area contributed by atoms with Gasteiger partial charge >= 0.3 is 0 Å². The van der Waals surface area contributed by atoms with Crippen molar-refractivity contribution in [1.29, 1.82) is 0 Å². The van der Waals surface area contributed by atoms with Crippen LogP contribution >= 0.6 is 23.2 Å². The Kier molecular flexibility index (Phi) is 4.84. The third-order valence-corrected chi connectivity index (χ3v) is 7.41. The number of aromatic nitrogens is 3. The summed E-state index contributed by atoms with van der Waals surface area (Å²) in [5, 5.41) is 10.3. The molecule has 2 saturated heterocycles. The zero-order valence-corrected chi connectivity index (χ0v) is 18.5. The summed E-state index contributed by atoms with van der Waals surface area (Å²) in [7, 11) is 0. The monoisotopic (exact) mass is 446 g/mol. The van der Waals surface area contributed by atoms with E-state index in [1.165, 1.54) is 0 Å². The van der Waals surface area contributed by atoms with Crippen LogP contribution in [0.15, 0.2) is 24.5 Å². The van der Waals surface area contributed by atoms with Gasteiger partial charge in [-0.2, -0.15) is 0 Å². The van der Waals surface area contributed by atoms with E-state index in [9.17, 15) is 5.11 Å². The van der Waals surface area contributed by atoms with Crippen LogP contribution < -0.4 is 4.90 Å². The molecule has 30 heavy (non-hydrogen) atoms. The third-order valence-electron chi connectivity index (χ3n) is 6.54. The lowest BCUT2D eigenvalue weighted by Gasteiger charge is -2.39. The lowest BCUT2D eigenvalue weighted by molar-refractivity contribution is 0.0975. The number of aryl methyl sites for hydroxylation is 1. The van der Waals surface area contributed by atoms with E-state index in [1.54, 1.807) is 18.3 Å². The molecule has 2 aliphatic heterocycles. The van der Waals surface area contributed by atoms with Crippen LogP contribution in [-0.4, -0.2) is 45.3 Å². The standard InChI is InChI=1S/C22H24Cl2N4O2/c1-13-11-22(12-30-13)5-8-27(9-6-22)21-26-14(2)17(20-25-7-10-28(20)21)15-3-4-16(29)19(24)18(15)23/h3-4,7,10,13,29H,5-6,8-9,11-12H2,1-2H3/t13-/m0/s1. The molecule has 158 valence electrons. The number of fused-ring (bicyclic) bond motifs is 1. The average molecular weight is 447 g/mol. The Morgan fingerprint density at radius 1 is 1.20 bits per heavy atom. The number of ether oxygens (including phenoxy) is 1. The zero-order valence-electron chi connectivity index (χ0n) is 17.0. The molecule has 1 atom stereocenters. The van der Waals surface area contributed by atoms with Crippen molar-refractivity contribution in [3.63, 3.8) is 0 Å². The van der Waals surface area contributed by atoms with Crippen LogP contribution in [0.5, 0.6) is 5.75 Å². The number of nitrogens with zero attached hydrogens (tertiary/aromatic N) is 4. The van der Waals surface area contributed by atoms with Crippen molar-refractivity contribution < 1.29 is 9.84 Å². The van der Waals surface area contributed by atoms with Crippen LogP contribution in [0.1, 0.15) is 31.9 Å². The summed E-state index contributed by atoms with van der Waals surface area (Å²) in [4.78, 5) is 11.9. The van der Waals surface area contributed by atoms with E-state index in [1.807, 2.05) is 17.5 Å². The lowest BCUT2D eigenvalue weighted by Crippen LogP contribution is -2.41. The predicted octanol–water partition coefficient (Wildman–Crippen LogP) is 5.11. The molecule has 6 nitrogen and oxygen atoms in total. The Morgan fingerprint density at radius 3 is 2.67 bits per heavy atom. The van der Waals surface area contributed by atoms with Crippen molar-refractivity contribution >= 4 is 34.8 Å². The van der Waals surface area contributed by atoms with E-state index in [4.69, 9.17) is 32.9 Å². The van der Waals surface area contributed by atoms with Crippen molar-refractivity contribution in [2.24, 2.45) is 5.41 Å². The van der Waals surface area contributed by atoms with Crippen molar-refractivity contribution in [3.05, 3.63) is 40.3 Å². The summed E-state index contributed by atoms with van der Waals surface area (Å²) in [5.74, 6) is 0.853. The Balaban J connectivity index is 1.53. The molecule has 1 aromatic carbocycles. The fraction of sp³-hybridized carbons (Fsp3) is 0.455. The van der Waals surface area contributed by atoms with E-state index < -0.39 is 0 Å². The number of piperidine rings is 1. The molecule has 2 fully saturated rings. The minimum absolute atomic E-state index is 0.0422. The van der Waals surface area contributed by atoms with Gasteiger partial charge in [-0.25, -0.2) is 9.97 Å². The highest BCUT2D eigenvalue weighted by molar-refractivity contribution is 6.44. The van der Waals surface area contributed by atoms with Gasteiger partial charge in [0, 0.05) is 36.6 Å².